The van der Waals surface area contributed by atoms with E-state index in [2.05, 4.69) is 17.2 Å². The first-order valence-corrected chi connectivity index (χ1v) is 6.08. The van der Waals surface area contributed by atoms with Gasteiger partial charge in [0.15, 0.2) is 0 Å². The van der Waals surface area contributed by atoms with E-state index < -0.39 is 0 Å². The van der Waals surface area contributed by atoms with Gasteiger partial charge in [-0.1, -0.05) is 12.1 Å². The predicted molar refractivity (Wildman–Crippen MR) is 72.2 cm³/mol. The van der Waals surface area contributed by atoms with E-state index in [0.717, 1.165) is 23.4 Å². The van der Waals surface area contributed by atoms with Crippen molar-refractivity contribution in [2.75, 3.05) is 5.32 Å². The minimum atomic E-state index is -0.192. The lowest BCUT2D eigenvalue weighted by Gasteiger charge is -2.16. The van der Waals surface area contributed by atoms with Crippen LogP contribution in [0.5, 0.6) is 0 Å². The highest BCUT2D eigenvalue weighted by Crippen LogP contribution is 2.14. The lowest BCUT2D eigenvalue weighted by Crippen LogP contribution is -2.18. The maximum Gasteiger partial charge on any atom is 0.123 e. The maximum absolute atomic E-state index is 12.8. The van der Waals surface area contributed by atoms with Crippen molar-refractivity contribution >= 4 is 5.69 Å². The predicted octanol–water partition coefficient (Wildman–Crippen LogP) is 3.57. The largest absolute Gasteiger partial charge is 0.381 e. The van der Waals surface area contributed by atoms with Crippen molar-refractivity contribution in [3.63, 3.8) is 0 Å². The number of aromatic nitrogens is 1. The number of anilines is 1. The first-order valence-electron chi connectivity index (χ1n) is 6.08. The molecule has 2 aromatic rings. The smallest absolute Gasteiger partial charge is 0.123 e. The van der Waals surface area contributed by atoms with Crippen LogP contribution in [0.1, 0.15) is 18.2 Å². The first kappa shape index (κ1) is 12.6. The van der Waals surface area contributed by atoms with Gasteiger partial charge < -0.3 is 5.32 Å². The third kappa shape index (κ3) is 3.29. The summed E-state index contributed by atoms with van der Waals surface area (Å²) in [5.41, 5.74) is 3.16. The van der Waals surface area contributed by atoms with Crippen molar-refractivity contribution in [2.24, 2.45) is 0 Å². The van der Waals surface area contributed by atoms with E-state index in [1.54, 1.807) is 6.20 Å². The van der Waals surface area contributed by atoms with Crippen LogP contribution in [0.15, 0.2) is 42.6 Å². The Labute approximate surface area is 107 Å². The number of hydrogen-bond acceptors (Lipinski definition) is 2. The Bertz CT molecular complexity index is 508. The lowest BCUT2D eigenvalue weighted by molar-refractivity contribution is 0.626. The Morgan fingerprint density at radius 2 is 1.94 bits per heavy atom. The van der Waals surface area contributed by atoms with Crippen molar-refractivity contribution in [1.29, 1.82) is 0 Å². The quantitative estimate of drug-likeness (QED) is 0.889. The van der Waals surface area contributed by atoms with E-state index in [-0.39, 0.29) is 11.9 Å². The normalized spacial score (nSPS) is 12.2. The average Bonchev–Trinajstić information content (AvgIpc) is 2.35. The number of benzene rings is 1. The molecule has 1 unspecified atom stereocenters. The van der Waals surface area contributed by atoms with E-state index in [0.29, 0.717) is 0 Å². The second-order valence-corrected chi connectivity index (χ2v) is 4.51. The molecule has 0 saturated heterocycles. The van der Waals surface area contributed by atoms with Crippen LogP contribution >= 0.6 is 0 Å². The molecule has 0 radical (unpaired) electrons. The molecule has 1 aromatic heterocycles. The number of nitrogens with zero attached hydrogens (tertiary/aromatic N) is 1. The van der Waals surface area contributed by atoms with E-state index in [9.17, 15) is 4.39 Å². The molecule has 2 nitrogen and oxygen atoms in total. The topological polar surface area (TPSA) is 24.9 Å². The Kier molecular flexibility index (Phi) is 3.92. The molecule has 1 heterocycles. The Balaban J connectivity index is 1.99. The second kappa shape index (κ2) is 5.63. The van der Waals surface area contributed by atoms with Gasteiger partial charge in [-0.25, -0.2) is 4.39 Å². The molecule has 94 valence electrons. The molecule has 2 rings (SSSR count). The molecule has 0 amide bonds. The fraction of sp³-hybridized carbons (Fsp3) is 0.267. The number of aryl methyl sites for hydroxylation is 1. The number of rotatable bonds is 4. The van der Waals surface area contributed by atoms with Crippen LogP contribution in [0.3, 0.4) is 0 Å². The zero-order chi connectivity index (χ0) is 13.0. The van der Waals surface area contributed by atoms with Crippen molar-refractivity contribution in [1.82, 2.24) is 4.98 Å². The van der Waals surface area contributed by atoms with Crippen LogP contribution in [-0.2, 0) is 6.42 Å². The molecule has 18 heavy (non-hydrogen) atoms. The Morgan fingerprint density at radius 3 is 2.61 bits per heavy atom. The molecule has 3 heteroatoms. The summed E-state index contributed by atoms with van der Waals surface area (Å²) in [5.74, 6) is -0.192. The summed E-state index contributed by atoms with van der Waals surface area (Å²) in [5, 5.41) is 3.42. The summed E-state index contributed by atoms with van der Waals surface area (Å²) >= 11 is 0. The van der Waals surface area contributed by atoms with Crippen LogP contribution in [0.4, 0.5) is 10.1 Å². The molecule has 0 aliphatic heterocycles. The van der Waals surface area contributed by atoms with E-state index >= 15 is 0 Å². The number of halogens is 1. The van der Waals surface area contributed by atoms with Gasteiger partial charge in [0.05, 0.1) is 11.4 Å². The summed E-state index contributed by atoms with van der Waals surface area (Å²) in [6.45, 7) is 4.09. The van der Waals surface area contributed by atoms with Gasteiger partial charge in [-0.05, 0) is 50.1 Å². The molecule has 1 atom stereocenters. The van der Waals surface area contributed by atoms with Gasteiger partial charge in [-0.3, -0.25) is 4.98 Å². The maximum atomic E-state index is 12.8. The molecule has 0 aliphatic carbocycles. The zero-order valence-electron chi connectivity index (χ0n) is 10.7. The highest BCUT2D eigenvalue weighted by atomic mass is 19.1. The molecule has 1 aromatic carbocycles. The number of nitrogens with one attached hydrogen (secondary N) is 1. The van der Waals surface area contributed by atoms with E-state index in [1.165, 1.54) is 12.1 Å². The minimum absolute atomic E-state index is 0.192. The molecular weight excluding hydrogens is 227 g/mol. The van der Waals surface area contributed by atoms with Crippen LogP contribution in [-0.4, -0.2) is 11.0 Å². The van der Waals surface area contributed by atoms with Gasteiger partial charge in [0, 0.05) is 12.2 Å². The van der Waals surface area contributed by atoms with E-state index in [4.69, 9.17) is 0 Å². The van der Waals surface area contributed by atoms with Crippen molar-refractivity contribution in [3.05, 3.63) is 59.7 Å². The summed E-state index contributed by atoms with van der Waals surface area (Å²) in [6.07, 6.45) is 2.64. The van der Waals surface area contributed by atoms with Crippen molar-refractivity contribution in [2.45, 2.75) is 26.3 Å². The second-order valence-electron chi connectivity index (χ2n) is 4.51. The molecule has 0 spiro atoms. The Morgan fingerprint density at radius 1 is 1.22 bits per heavy atom. The Hall–Kier alpha value is -1.90. The molecule has 0 aliphatic rings. The van der Waals surface area contributed by atoms with Crippen LogP contribution in [0, 0.1) is 12.7 Å². The van der Waals surface area contributed by atoms with Gasteiger partial charge in [0.2, 0.25) is 0 Å². The van der Waals surface area contributed by atoms with Gasteiger partial charge in [0.25, 0.3) is 0 Å². The number of pyridine rings is 1. The molecule has 0 fully saturated rings. The minimum Gasteiger partial charge on any atom is -0.381 e. The highest BCUT2D eigenvalue weighted by molar-refractivity contribution is 5.47. The van der Waals surface area contributed by atoms with Gasteiger partial charge >= 0.3 is 0 Å². The van der Waals surface area contributed by atoms with Crippen LogP contribution in [0.25, 0.3) is 0 Å². The van der Waals surface area contributed by atoms with Crippen LogP contribution < -0.4 is 5.32 Å². The SMILES string of the molecule is Cc1ncccc1NC(C)Cc1ccc(F)cc1. The third-order valence-electron chi connectivity index (χ3n) is 2.86. The van der Waals surface area contributed by atoms with E-state index in [1.807, 2.05) is 31.2 Å². The summed E-state index contributed by atoms with van der Waals surface area (Å²) in [6, 6.07) is 10.9. The zero-order valence-corrected chi connectivity index (χ0v) is 10.7. The summed E-state index contributed by atoms with van der Waals surface area (Å²) in [7, 11) is 0. The van der Waals surface area contributed by atoms with Gasteiger partial charge in [0.1, 0.15) is 5.82 Å². The van der Waals surface area contributed by atoms with Crippen molar-refractivity contribution in [3.8, 4) is 0 Å². The number of hydrogen-bond donors (Lipinski definition) is 1. The van der Waals surface area contributed by atoms with Crippen LogP contribution in [0.2, 0.25) is 0 Å². The summed E-state index contributed by atoms with van der Waals surface area (Å²) in [4.78, 5) is 4.24. The molecule has 1 N–H and O–H groups in total. The molecular formula is C15H17FN2. The monoisotopic (exact) mass is 244 g/mol. The third-order valence-corrected chi connectivity index (χ3v) is 2.86. The van der Waals surface area contributed by atoms with Crippen molar-refractivity contribution < 1.29 is 4.39 Å². The summed E-state index contributed by atoms with van der Waals surface area (Å²) < 4.78 is 12.8. The fourth-order valence-electron chi connectivity index (χ4n) is 1.93. The standard InChI is InChI=1S/C15H17FN2/c1-11(10-13-5-7-14(16)8-6-13)18-15-4-3-9-17-12(15)2/h3-9,11,18H,10H2,1-2H3. The van der Waals surface area contributed by atoms with Gasteiger partial charge in [-0.2, -0.15) is 0 Å². The fourth-order valence-corrected chi connectivity index (χ4v) is 1.93. The van der Waals surface area contributed by atoms with Gasteiger partial charge in [-0.15, -0.1) is 0 Å². The molecule has 0 bridgehead atoms. The highest BCUT2D eigenvalue weighted by Gasteiger charge is 2.05. The average molecular weight is 244 g/mol. The molecule has 0 saturated carbocycles. The lowest BCUT2D eigenvalue weighted by atomic mass is 10.1. The first-order chi connectivity index (χ1) is 8.65.